The maximum Gasteiger partial charge on any atom is 0.309 e. The Balaban J connectivity index is 0.922. The van der Waals surface area contributed by atoms with Gasteiger partial charge in [0, 0.05) is 23.2 Å². The molecule has 278 valence electrons. The van der Waals surface area contributed by atoms with Gasteiger partial charge in [0.1, 0.15) is 23.3 Å². The quantitative estimate of drug-likeness (QED) is 0.116. The number of halogens is 2. The molecule has 2 heterocycles. The van der Waals surface area contributed by atoms with E-state index in [4.69, 9.17) is 42.1 Å². The number of carboxylic acids is 1. The third-order valence-electron chi connectivity index (χ3n) is 12.5. The summed E-state index contributed by atoms with van der Waals surface area (Å²) >= 11 is 13.4. The SMILES string of the molecule is COc1nc(OCc2cccc(-c3cccc(COc4nc(OC)c(CNC56CC(C(=O)O)(C5)C6)cc4Cl)c3C)c2C)c(Cl)cc1CCC12CC(C1)C2. The molecule has 6 aliphatic carbocycles. The second-order valence-electron chi connectivity index (χ2n) is 15.9. The van der Waals surface area contributed by atoms with Crippen molar-refractivity contribution in [2.75, 3.05) is 14.2 Å². The summed E-state index contributed by atoms with van der Waals surface area (Å²) in [6, 6.07) is 16.2. The molecule has 0 atom stereocenters. The zero-order valence-electron chi connectivity index (χ0n) is 30.6. The van der Waals surface area contributed by atoms with E-state index in [2.05, 4.69) is 47.3 Å². The Labute approximate surface area is 320 Å². The Kier molecular flexibility index (Phi) is 9.27. The fourth-order valence-corrected chi connectivity index (χ4v) is 9.71. The summed E-state index contributed by atoms with van der Waals surface area (Å²) in [6.45, 7) is 5.24. The summed E-state index contributed by atoms with van der Waals surface area (Å²) in [7, 11) is 3.21. The number of carbonyl (C=O) groups is 1. The van der Waals surface area contributed by atoms with Crippen molar-refractivity contribution in [3.8, 4) is 34.6 Å². The molecule has 6 aliphatic rings. The number of benzene rings is 2. The highest BCUT2D eigenvalue weighted by molar-refractivity contribution is 6.32. The number of methoxy groups -OCH3 is 2. The number of hydrogen-bond donors (Lipinski definition) is 2. The van der Waals surface area contributed by atoms with Crippen LogP contribution in [0.3, 0.4) is 0 Å². The van der Waals surface area contributed by atoms with Crippen molar-refractivity contribution in [1.82, 2.24) is 15.3 Å². The van der Waals surface area contributed by atoms with Crippen LogP contribution in [-0.2, 0) is 31.0 Å². The van der Waals surface area contributed by atoms with Crippen molar-refractivity contribution in [1.29, 1.82) is 0 Å². The molecule has 9 nitrogen and oxygen atoms in total. The van der Waals surface area contributed by atoms with E-state index < -0.39 is 11.4 Å². The fourth-order valence-electron chi connectivity index (χ4n) is 9.25. The highest BCUT2D eigenvalue weighted by Crippen LogP contribution is 2.67. The predicted octanol–water partition coefficient (Wildman–Crippen LogP) is 9.07. The Morgan fingerprint density at radius 3 is 1.77 bits per heavy atom. The minimum Gasteiger partial charge on any atom is -0.481 e. The first-order valence-electron chi connectivity index (χ1n) is 18.3. The van der Waals surface area contributed by atoms with Crippen LogP contribution in [0, 0.1) is 30.6 Å². The van der Waals surface area contributed by atoms with Crippen LogP contribution in [0.15, 0.2) is 48.5 Å². The number of aryl methyl sites for hydroxylation is 1. The van der Waals surface area contributed by atoms with E-state index >= 15 is 0 Å². The van der Waals surface area contributed by atoms with Crippen LogP contribution >= 0.6 is 23.2 Å². The maximum absolute atomic E-state index is 11.5. The van der Waals surface area contributed by atoms with Gasteiger partial charge in [-0.2, -0.15) is 9.97 Å². The Bertz CT molecular complexity index is 2070. The minimum atomic E-state index is -0.703. The molecule has 2 aromatic carbocycles. The van der Waals surface area contributed by atoms with Crippen LogP contribution in [0.5, 0.6) is 23.5 Å². The van der Waals surface area contributed by atoms with Gasteiger partial charge in [0.25, 0.3) is 0 Å². The number of nitrogens with zero attached hydrogens (tertiary/aromatic N) is 2. The predicted molar refractivity (Wildman–Crippen MR) is 203 cm³/mol. The van der Waals surface area contributed by atoms with Gasteiger partial charge in [-0.1, -0.05) is 59.6 Å². The Hall–Kier alpha value is -4.05. The minimum absolute atomic E-state index is 0.127. The number of hydrogen-bond acceptors (Lipinski definition) is 8. The Morgan fingerprint density at radius 1 is 0.792 bits per heavy atom. The summed E-state index contributed by atoms with van der Waals surface area (Å²) in [5.74, 6) is 1.91. The summed E-state index contributed by atoms with van der Waals surface area (Å²) in [5.41, 5.74) is 8.10. The fraction of sp³-hybridized carbons (Fsp3) is 0.452. The average Bonchev–Trinajstić information content (AvgIpc) is 3.06. The molecule has 11 heteroatoms. The van der Waals surface area contributed by atoms with Gasteiger partial charge in [0.05, 0.1) is 19.6 Å². The molecule has 2 N–H and O–H groups in total. The standard InChI is InChI=1S/C42H45Cl2N3O6/c1-24-28(19-52-37-33(43)13-27(35(46-37)50-3)11-12-40-15-26(16-40)17-40)7-5-9-31(24)32-10-6-8-29(25(32)2)20-53-38-34(44)14-30(36(47-38)51-4)18-45-42-21-41(22-42,23-42)39(48)49/h5-10,13-14,26,45H,11-12,15-23H2,1-4H3,(H,48,49). The highest BCUT2D eigenvalue weighted by atomic mass is 35.5. The van der Waals surface area contributed by atoms with Crippen LogP contribution < -0.4 is 24.3 Å². The number of carboxylic acid groups (broad SMARTS) is 1. The number of aromatic nitrogens is 2. The third kappa shape index (κ3) is 6.48. The van der Waals surface area contributed by atoms with Crippen molar-refractivity contribution in [3.63, 3.8) is 0 Å². The monoisotopic (exact) mass is 757 g/mol. The molecule has 4 bridgehead atoms. The lowest BCUT2D eigenvalue weighted by molar-refractivity contribution is -0.199. The molecule has 53 heavy (non-hydrogen) atoms. The van der Waals surface area contributed by atoms with E-state index in [1.807, 2.05) is 24.3 Å². The van der Waals surface area contributed by atoms with Crippen molar-refractivity contribution >= 4 is 29.2 Å². The lowest BCUT2D eigenvalue weighted by Crippen LogP contribution is -2.76. The molecule has 0 aliphatic heterocycles. The van der Waals surface area contributed by atoms with Crippen LogP contribution in [-0.4, -0.2) is 40.8 Å². The number of rotatable bonds is 16. The molecule has 10 rings (SSSR count). The maximum atomic E-state index is 11.5. The lowest BCUT2D eigenvalue weighted by Gasteiger charge is -2.68. The van der Waals surface area contributed by atoms with E-state index in [1.54, 1.807) is 20.3 Å². The normalized spacial score (nSPS) is 24.6. The van der Waals surface area contributed by atoms with E-state index in [0.29, 0.717) is 65.5 Å². The molecule has 0 spiro atoms. The first-order chi connectivity index (χ1) is 25.4. The molecule has 0 radical (unpaired) electrons. The number of aliphatic carboxylic acids is 1. The van der Waals surface area contributed by atoms with Crippen LogP contribution in [0.4, 0.5) is 0 Å². The summed E-state index contributed by atoms with van der Waals surface area (Å²) in [6.07, 6.45) is 8.10. The lowest BCUT2D eigenvalue weighted by atomic mass is 9.39. The van der Waals surface area contributed by atoms with E-state index in [0.717, 1.165) is 63.3 Å². The van der Waals surface area contributed by atoms with E-state index in [9.17, 15) is 9.90 Å². The van der Waals surface area contributed by atoms with Crippen molar-refractivity contribution in [3.05, 3.63) is 92.0 Å². The molecule has 4 aromatic rings. The van der Waals surface area contributed by atoms with Gasteiger partial charge in [0.15, 0.2) is 0 Å². The summed E-state index contributed by atoms with van der Waals surface area (Å²) in [4.78, 5) is 20.7. The average molecular weight is 759 g/mol. The van der Waals surface area contributed by atoms with Crippen molar-refractivity contribution in [2.45, 2.75) is 90.5 Å². The molecule has 0 unspecified atom stereocenters. The summed E-state index contributed by atoms with van der Waals surface area (Å²) in [5, 5.41) is 13.8. The molecule has 6 saturated carbocycles. The van der Waals surface area contributed by atoms with Gasteiger partial charge in [-0.05, 0) is 122 Å². The van der Waals surface area contributed by atoms with Crippen molar-refractivity contribution < 1.29 is 28.8 Å². The van der Waals surface area contributed by atoms with Gasteiger partial charge in [-0.25, -0.2) is 0 Å². The first kappa shape index (κ1) is 36.0. The first-order valence-corrected chi connectivity index (χ1v) is 19.1. The second kappa shape index (κ2) is 13.7. The van der Waals surface area contributed by atoms with Crippen LogP contribution in [0.25, 0.3) is 11.1 Å². The molecule has 0 saturated heterocycles. The molecule has 6 fully saturated rings. The van der Waals surface area contributed by atoms with Crippen LogP contribution in [0.2, 0.25) is 10.0 Å². The van der Waals surface area contributed by atoms with Crippen LogP contribution in [0.1, 0.15) is 78.3 Å². The van der Waals surface area contributed by atoms with Crippen molar-refractivity contribution in [2.24, 2.45) is 16.7 Å². The third-order valence-corrected chi connectivity index (χ3v) is 13.0. The Morgan fingerprint density at radius 2 is 1.30 bits per heavy atom. The smallest absolute Gasteiger partial charge is 0.309 e. The molecular weight excluding hydrogens is 713 g/mol. The number of ether oxygens (including phenoxy) is 4. The second-order valence-corrected chi connectivity index (χ2v) is 16.7. The largest absolute Gasteiger partial charge is 0.481 e. The highest BCUT2D eigenvalue weighted by Gasteiger charge is 2.71. The van der Waals surface area contributed by atoms with Gasteiger partial charge in [-0.15, -0.1) is 0 Å². The topological polar surface area (TPSA) is 112 Å². The summed E-state index contributed by atoms with van der Waals surface area (Å²) < 4.78 is 23.7. The molecule has 0 amide bonds. The number of nitrogens with one attached hydrogen (secondary N) is 1. The zero-order valence-corrected chi connectivity index (χ0v) is 32.1. The molecular formula is C42H45Cl2N3O6. The zero-order chi connectivity index (χ0) is 37.1. The van der Waals surface area contributed by atoms with Gasteiger partial charge < -0.3 is 29.4 Å². The number of pyridine rings is 2. The van der Waals surface area contributed by atoms with Gasteiger partial charge >= 0.3 is 5.97 Å². The van der Waals surface area contributed by atoms with E-state index in [1.165, 1.54) is 19.3 Å². The molecule has 2 aromatic heterocycles. The van der Waals surface area contributed by atoms with Gasteiger partial charge in [-0.3, -0.25) is 4.79 Å². The van der Waals surface area contributed by atoms with Gasteiger partial charge in [0.2, 0.25) is 23.5 Å². The van der Waals surface area contributed by atoms with E-state index in [-0.39, 0.29) is 18.0 Å².